The summed E-state index contributed by atoms with van der Waals surface area (Å²) < 4.78 is 15.7. The molecule has 0 aliphatic carbocycles. The number of aliphatic hydroxyl groups excluding tert-OH is 4. The van der Waals surface area contributed by atoms with Gasteiger partial charge in [-0.2, -0.15) is 0 Å². The molecule has 2 aliphatic heterocycles. The van der Waals surface area contributed by atoms with Crippen molar-refractivity contribution in [2.45, 2.75) is 62.7 Å². The summed E-state index contributed by atoms with van der Waals surface area (Å²) in [6.45, 7) is 1.14. The van der Waals surface area contributed by atoms with E-state index in [2.05, 4.69) is 0 Å². The van der Waals surface area contributed by atoms with Crippen LogP contribution < -0.4 is 0 Å². The van der Waals surface area contributed by atoms with E-state index in [1.807, 2.05) is 0 Å². The van der Waals surface area contributed by atoms with Gasteiger partial charge in [0.1, 0.15) is 30.5 Å². The van der Waals surface area contributed by atoms with Gasteiger partial charge < -0.3 is 34.6 Å². The van der Waals surface area contributed by atoms with Crippen molar-refractivity contribution in [3.8, 4) is 0 Å². The predicted molar refractivity (Wildman–Crippen MR) is 63.4 cm³/mol. The standard InChI is InChI=1S/C12H20O8/c1-5(6-2-3-8(14)19-6)18-12-11(17)10(16)9(15)7(4-13)20-12/h5-7,9-13,15-17H,2-4H2,1H3/t5-,6+,7-,9-,10+,11-,12-/m1/s1. The third-order valence-corrected chi connectivity index (χ3v) is 3.64. The molecule has 0 aromatic heterocycles. The summed E-state index contributed by atoms with van der Waals surface area (Å²) in [5, 5.41) is 38.1. The number of cyclic esters (lactones) is 1. The average Bonchev–Trinajstić information content (AvgIpc) is 2.86. The molecule has 2 heterocycles. The second-order valence-electron chi connectivity index (χ2n) is 5.11. The highest BCUT2D eigenvalue weighted by molar-refractivity contribution is 5.71. The first-order valence-corrected chi connectivity index (χ1v) is 6.59. The lowest BCUT2D eigenvalue weighted by Crippen LogP contribution is -2.60. The lowest BCUT2D eigenvalue weighted by Gasteiger charge is -2.40. The molecule has 2 fully saturated rings. The Balaban J connectivity index is 1.95. The molecule has 0 unspecified atom stereocenters. The number of esters is 1. The largest absolute Gasteiger partial charge is 0.460 e. The number of hydrogen-bond acceptors (Lipinski definition) is 8. The van der Waals surface area contributed by atoms with Crippen LogP contribution in [-0.4, -0.2) is 75.9 Å². The van der Waals surface area contributed by atoms with Gasteiger partial charge in [0.05, 0.1) is 12.7 Å². The van der Waals surface area contributed by atoms with Crippen LogP contribution in [0, 0.1) is 0 Å². The van der Waals surface area contributed by atoms with Gasteiger partial charge in [-0.15, -0.1) is 0 Å². The molecular formula is C12H20O8. The molecule has 7 atom stereocenters. The minimum Gasteiger partial charge on any atom is -0.460 e. The number of rotatable bonds is 4. The van der Waals surface area contributed by atoms with Gasteiger partial charge in [0, 0.05) is 6.42 Å². The molecule has 4 N–H and O–H groups in total. The number of carbonyl (C=O) groups excluding carboxylic acids is 1. The Bertz CT molecular complexity index is 346. The molecule has 0 aromatic carbocycles. The molecule has 0 amide bonds. The summed E-state index contributed by atoms with van der Waals surface area (Å²) in [5.74, 6) is -0.306. The van der Waals surface area contributed by atoms with Crippen molar-refractivity contribution in [3.63, 3.8) is 0 Å². The first-order valence-electron chi connectivity index (χ1n) is 6.59. The van der Waals surface area contributed by atoms with E-state index in [0.717, 1.165) is 0 Å². The molecule has 0 spiro atoms. The fourth-order valence-electron chi connectivity index (χ4n) is 2.36. The molecule has 0 radical (unpaired) electrons. The van der Waals surface area contributed by atoms with Crippen LogP contribution in [-0.2, 0) is 19.0 Å². The molecule has 2 rings (SSSR count). The number of aliphatic hydroxyl groups is 4. The molecule has 8 nitrogen and oxygen atoms in total. The molecule has 116 valence electrons. The highest BCUT2D eigenvalue weighted by Gasteiger charge is 2.45. The van der Waals surface area contributed by atoms with E-state index in [1.165, 1.54) is 0 Å². The van der Waals surface area contributed by atoms with Crippen LogP contribution in [0.3, 0.4) is 0 Å². The summed E-state index contributed by atoms with van der Waals surface area (Å²) in [7, 11) is 0. The van der Waals surface area contributed by atoms with E-state index in [-0.39, 0.29) is 5.97 Å². The number of carbonyl (C=O) groups is 1. The van der Waals surface area contributed by atoms with Gasteiger partial charge in [-0.05, 0) is 13.3 Å². The maximum absolute atomic E-state index is 11.0. The molecular weight excluding hydrogens is 272 g/mol. The monoisotopic (exact) mass is 292 g/mol. The van der Waals surface area contributed by atoms with Crippen LogP contribution in [0.15, 0.2) is 0 Å². The van der Waals surface area contributed by atoms with Crippen molar-refractivity contribution in [1.82, 2.24) is 0 Å². The lowest BCUT2D eigenvalue weighted by molar-refractivity contribution is -0.314. The smallest absolute Gasteiger partial charge is 0.306 e. The Kier molecular flexibility index (Phi) is 4.95. The zero-order valence-corrected chi connectivity index (χ0v) is 11.1. The SMILES string of the molecule is C[C@@H](O[C@@H]1O[C@H](CO)[C@@H](O)[C@H](O)[C@H]1O)[C@@H]1CCC(=O)O1. The Hall–Kier alpha value is -0.770. The summed E-state index contributed by atoms with van der Waals surface area (Å²) >= 11 is 0. The third-order valence-electron chi connectivity index (χ3n) is 3.64. The second kappa shape index (κ2) is 6.33. The number of ether oxygens (including phenoxy) is 3. The summed E-state index contributed by atoms with van der Waals surface area (Å²) in [6.07, 6.45) is -6.73. The Morgan fingerprint density at radius 2 is 2.00 bits per heavy atom. The minimum atomic E-state index is -1.48. The van der Waals surface area contributed by atoms with Gasteiger partial charge in [-0.25, -0.2) is 0 Å². The molecule has 8 heteroatoms. The fourth-order valence-corrected chi connectivity index (χ4v) is 2.36. The molecule has 2 aliphatic rings. The van der Waals surface area contributed by atoms with Crippen molar-refractivity contribution in [2.75, 3.05) is 6.61 Å². The Labute approximate surface area is 115 Å². The van der Waals surface area contributed by atoms with Crippen LogP contribution in [0.1, 0.15) is 19.8 Å². The van der Waals surface area contributed by atoms with Crippen LogP contribution in [0.5, 0.6) is 0 Å². The van der Waals surface area contributed by atoms with Gasteiger partial charge in [0.25, 0.3) is 0 Å². The quantitative estimate of drug-likeness (QED) is 0.434. The van der Waals surface area contributed by atoms with Crippen LogP contribution in [0.4, 0.5) is 0 Å². The fraction of sp³-hybridized carbons (Fsp3) is 0.917. The summed E-state index contributed by atoms with van der Waals surface area (Å²) in [6, 6.07) is 0. The van der Waals surface area contributed by atoms with Crippen molar-refractivity contribution >= 4 is 5.97 Å². The van der Waals surface area contributed by atoms with E-state index < -0.39 is 49.5 Å². The zero-order chi connectivity index (χ0) is 14.9. The van der Waals surface area contributed by atoms with Gasteiger partial charge in [0.15, 0.2) is 6.29 Å². The third kappa shape index (κ3) is 3.11. The van der Waals surface area contributed by atoms with Gasteiger partial charge in [0.2, 0.25) is 0 Å². The Morgan fingerprint density at radius 1 is 1.30 bits per heavy atom. The maximum Gasteiger partial charge on any atom is 0.306 e. The van der Waals surface area contributed by atoms with E-state index in [0.29, 0.717) is 12.8 Å². The van der Waals surface area contributed by atoms with E-state index in [4.69, 9.17) is 19.3 Å². The highest BCUT2D eigenvalue weighted by Crippen LogP contribution is 2.26. The topological polar surface area (TPSA) is 126 Å². The van der Waals surface area contributed by atoms with Crippen molar-refractivity contribution in [1.29, 1.82) is 0 Å². The van der Waals surface area contributed by atoms with E-state index >= 15 is 0 Å². The van der Waals surface area contributed by atoms with Gasteiger partial charge >= 0.3 is 5.97 Å². The molecule has 20 heavy (non-hydrogen) atoms. The van der Waals surface area contributed by atoms with Gasteiger partial charge in [-0.3, -0.25) is 4.79 Å². The van der Waals surface area contributed by atoms with Crippen molar-refractivity contribution in [2.24, 2.45) is 0 Å². The van der Waals surface area contributed by atoms with Crippen LogP contribution in [0.25, 0.3) is 0 Å². The minimum absolute atomic E-state index is 0.306. The molecule has 0 bridgehead atoms. The van der Waals surface area contributed by atoms with E-state index in [1.54, 1.807) is 6.92 Å². The van der Waals surface area contributed by atoms with Crippen LogP contribution >= 0.6 is 0 Å². The highest BCUT2D eigenvalue weighted by atomic mass is 16.7. The lowest BCUT2D eigenvalue weighted by atomic mass is 9.99. The molecule has 2 saturated heterocycles. The second-order valence-corrected chi connectivity index (χ2v) is 5.11. The predicted octanol–water partition coefficient (Wildman–Crippen LogP) is -2.10. The van der Waals surface area contributed by atoms with Crippen LogP contribution in [0.2, 0.25) is 0 Å². The first kappa shape index (κ1) is 15.6. The van der Waals surface area contributed by atoms with Crippen molar-refractivity contribution in [3.05, 3.63) is 0 Å². The normalized spacial score (nSPS) is 43.4. The molecule has 0 saturated carbocycles. The Morgan fingerprint density at radius 3 is 2.55 bits per heavy atom. The zero-order valence-electron chi connectivity index (χ0n) is 11.1. The first-order chi connectivity index (χ1) is 9.43. The van der Waals surface area contributed by atoms with E-state index in [9.17, 15) is 20.1 Å². The summed E-state index contributed by atoms with van der Waals surface area (Å²) in [5.41, 5.74) is 0. The maximum atomic E-state index is 11.0. The van der Waals surface area contributed by atoms with Gasteiger partial charge in [-0.1, -0.05) is 0 Å². The average molecular weight is 292 g/mol. The summed E-state index contributed by atoms with van der Waals surface area (Å²) in [4.78, 5) is 11.0. The molecule has 0 aromatic rings. The number of hydrogen-bond donors (Lipinski definition) is 4. The van der Waals surface area contributed by atoms with Crippen molar-refractivity contribution < 1.29 is 39.4 Å².